The van der Waals surface area contributed by atoms with E-state index in [0.717, 1.165) is 33.4 Å². The molecule has 0 radical (unpaired) electrons. The molecule has 3 aliphatic carbocycles. The van der Waals surface area contributed by atoms with Crippen LogP contribution >= 0.6 is 0 Å². The Morgan fingerprint density at radius 2 is 0.781 bits per heavy atom. The summed E-state index contributed by atoms with van der Waals surface area (Å²) in [6.07, 6.45) is 0. The van der Waals surface area contributed by atoms with Gasteiger partial charge in [0, 0.05) is 33.8 Å². The van der Waals surface area contributed by atoms with Gasteiger partial charge in [0.25, 0.3) is 0 Å². The van der Waals surface area contributed by atoms with Crippen LogP contribution in [0.5, 0.6) is 0 Å². The van der Waals surface area contributed by atoms with Crippen LogP contribution in [-0.4, -0.2) is 11.6 Å². The molecule has 0 saturated heterocycles. The number of carbonyl (C=O) groups is 2. The van der Waals surface area contributed by atoms with Crippen LogP contribution in [0.2, 0.25) is 0 Å². The number of rotatable bonds is 2. The van der Waals surface area contributed by atoms with Crippen molar-refractivity contribution in [2.24, 2.45) is 11.8 Å². The van der Waals surface area contributed by atoms with E-state index >= 15 is 0 Å². The minimum Gasteiger partial charge on any atom is -0.294 e. The molecule has 1 fully saturated rings. The Bertz CT molecular complexity index is 1310. The van der Waals surface area contributed by atoms with Gasteiger partial charge in [-0.2, -0.15) is 0 Å². The molecule has 0 aliphatic heterocycles. The molecule has 32 heavy (non-hydrogen) atoms. The van der Waals surface area contributed by atoms with Gasteiger partial charge in [0.1, 0.15) is 0 Å². The van der Waals surface area contributed by atoms with E-state index in [1.807, 2.05) is 72.8 Å². The Hall–Kier alpha value is -3.78. The predicted molar refractivity (Wildman–Crippen MR) is 123 cm³/mol. The molecule has 0 bridgehead atoms. The van der Waals surface area contributed by atoms with Crippen molar-refractivity contribution >= 4 is 11.6 Å². The number of hydrogen-bond donors (Lipinski definition) is 0. The summed E-state index contributed by atoms with van der Waals surface area (Å²) in [5, 5.41) is 0. The molecule has 152 valence electrons. The number of hydrogen-bond acceptors (Lipinski definition) is 2. The summed E-state index contributed by atoms with van der Waals surface area (Å²) in [7, 11) is 0. The summed E-state index contributed by atoms with van der Waals surface area (Å²) >= 11 is 0. The Kier molecular flexibility index (Phi) is 3.30. The molecule has 0 unspecified atom stereocenters. The molecule has 7 rings (SSSR count). The molecule has 0 N–H and O–H groups in total. The van der Waals surface area contributed by atoms with Crippen LogP contribution in [0, 0.1) is 11.8 Å². The topological polar surface area (TPSA) is 34.1 Å². The lowest BCUT2D eigenvalue weighted by Gasteiger charge is -2.64. The fraction of sp³-hybridized carbons (Fsp3) is 0.133. The van der Waals surface area contributed by atoms with Crippen molar-refractivity contribution < 1.29 is 9.59 Å². The van der Waals surface area contributed by atoms with Gasteiger partial charge in [-0.15, -0.1) is 0 Å². The molecular weight excluding hydrogens is 392 g/mol. The molecule has 2 nitrogen and oxygen atoms in total. The smallest absolute Gasteiger partial charge is 0.168 e. The zero-order valence-corrected chi connectivity index (χ0v) is 17.4. The molecule has 0 amide bonds. The lowest BCUT2D eigenvalue weighted by Crippen LogP contribution is -2.70. The van der Waals surface area contributed by atoms with E-state index in [1.54, 1.807) is 0 Å². The van der Waals surface area contributed by atoms with E-state index < -0.39 is 22.7 Å². The Balaban J connectivity index is 1.70. The fourth-order valence-corrected chi connectivity index (χ4v) is 7.30. The minimum atomic E-state index is -0.615. The summed E-state index contributed by atoms with van der Waals surface area (Å²) in [5.74, 6) is -0.603. The van der Waals surface area contributed by atoms with E-state index in [9.17, 15) is 9.59 Å². The highest BCUT2D eigenvalue weighted by Gasteiger charge is 2.82. The summed E-state index contributed by atoms with van der Waals surface area (Å²) in [5.41, 5.74) is 4.59. The average Bonchev–Trinajstić information content (AvgIpc) is 3.20. The molecule has 0 aromatic heterocycles. The average molecular weight is 412 g/mol. The maximum absolute atomic E-state index is 13.9. The van der Waals surface area contributed by atoms with Crippen LogP contribution in [0.4, 0.5) is 0 Å². The van der Waals surface area contributed by atoms with E-state index in [2.05, 4.69) is 36.4 Å². The first-order valence-corrected chi connectivity index (χ1v) is 11.1. The quantitative estimate of drug-likeness (QED) is 0.430. The Morgan fingerprint density at radius 3 is 1.19 bits per heavy atom. The zero-order chi connectivity index (χ0) is 21.5. The standard InChI is InChI=1S/C30H20O2/c31-27-21-15-7-9-17-23(21)29(19-11-3-1-4-12-19)25(27)26-28(32)22-16-8-10-18-24(22)30(26,29)20-13-5-2-6-14-20/h1-18,25-26H/t25-,26-,29+,30+/m1/s1. The lowest BCUT2D eigenvalue weighted by molar-refractivity contribution is 0.00359. The van der Waals surface area contributed by atoms with E-state index in [4.69, 9.17) is 0 Å². The Morgan fingerprint density at radius 1 is 0.438 bits per heavy atom. The third kappa shape index (κ3) is 1.69. The van der Waals surface area contributed by atoms with Crippen molar-refractivity contribution in [3.63, 3.8) is 0 Å². The first kappa shape index (κ1) is 17.9. The monoisotopic (exact) mass is 412 g/mol. The van der Waals surface area contributed by atoms with Crippen molar-refractivity contribution in [2.75, 3.05) is 0 Å². The van der Waals surface area contributed by atoms with Gasteiger partial charge in [-0.05, 0) is 22.3 Å². The number of Topliss-reactive ketones (excluding diaryl/α,β-unsaturated/α-hetero) is 2. The Labute approximate surface area is 186 Å². The number of benzene rings is 4. The first-order valence-electron chi connectivity index (χ1n) is 11.1. The highest BCUT2D eigenvalue weighted by Crippen LogP contribution is 2.77. The molecule has 2 heteroatoms. The largest absolute Gasteiger partial charge is 0.294 e. The normalized spacial score (nSPS) is 29.0. The second-order valence-corrected chi connectivity index (χ2v) is 9.12. The molecule has 0 heterocycles. The summed E-state index contributed by atoms with van der Waals surface area (Å²) in [6.45, 7) is 0. The van der Waals surface area contributed by atoms with Gasteiger partial charge >= 0.3 is 0 Å². The van der Waals surface area contributed by atoms with Crippen molar-refractivity contribution in [2.45, 2.75) is 10.8 Å². The van der Waals surface area contributed by atoms with Gasteiger partial charge in [0.05, 0.1) is 0 Å². The number of carbonyl (C=O) groups excluding carboxylic acids is 2. The SMILES string of the molecule is O=C1c2ccccc2[C@@]2(c3ccccc3)[C@@H]1[C@@H]1C(=O)c3ccccc3[C@@]12c1ccccc1. The molecular formula is C30H20O2. The van der Waals surface area contributed by atoms with Crippen molar-refractivity contribution in [1.29, 1.82) is 0 Å². The predicted octanol–water partition coefficient (Wildman–Crippen LogP) is 5.60. The van der Waals surface area contributed by atoms with Gasteiger partial charge < -0.3 is 0 Å². The van der Waals surface area contributed by atoms with Crippen LogP contribution in [0.1, 0.15) is 43.0 Å². The minimum absolute atomic E-state index is 0.0992. The van der Waals surface area contributed by atoms with Gasteiger partial charge in [-0.25, -0.2) is 0 Å². The van der Waals surface area contributed by atoms with Crippen LogP contribution in [0.15, 0.2) is 109 Å². The zero-order valence-electron chi connectivity index (χ0n) is 17.4. The van der Waals surface area contributed by atoms with E-state index in [1.165, 1.54) is 0 Å². The number of fused-ring (bicyclic) bond motifs is 8. The highest BCUT2D eigenvalue weighted by atomic mass is 16.1. The lowest BCUT2D eigenvalue weighted by atomic mass is 9.34. The highest BCUT2D eigenvalue weighted by molar-refractivity contribution is 6.17. The maximum Gasteiger partial charge on any atom is 0.168 e. The molecule has 4 aromatic rings. The summed E-state index contributed by atoms with van der Waals surface area (Å²) in [6, 6.07) is 36.7. The molecule has 4 atom stereocenters. The molecule has 1 saturated carbocycles. The van der Waals surface area contributed by atoms with Crippen molar-refractivity contribution in [3.8, 4) is 0 Å². The van der Waals surface area contributed by atoms with E-state index in [0.29, 0.717) is 0 Å². The van der Waals surface area contributed by atoms with Gasteiger partial charge in [0.15, 0.2) is 11.6 Å². The van der Waals surface area contributed by atoms with Crippen LogP contribution in [-0.2, 0) is 10.8 Å². The van der Waals surface area contributed by atoms with Gasteiger partial charge in [0.2, 0.25) is 0 Å². The van der Waals surface area contributed by atoms with Crippen LogP contribution < -0.4 is 0 Å². The van der Waals surface area contributed by atoms with Crippen molar-refractivity contribution in [3.05, 3.63) is 143 Å². The van der Waals surface area contributed by atoms with Gasteiger partial charge in [-0.3, -0.25) is 9.59 Å². The third-order valence-electron chi connectivity index (χ3n) is 8.15. The van der Waals surface area contributed by atoms with Crippen molar-refractivity contribution in [1.82, 2.24) is 0 Å². The van der Waals surface area contributed by atoms with Gasteiger partial charge in [-0.1, -0.05) is 109 Å². The molecule has 0 spiro atoms. The summed E-state index contributed by atoms with van der Waals surface area (Å²) < 4.78 is 0. The molecule has 4 aromatic carbocycles. The fourth-order valence-electron chi connectivity index (χ4n) is 7.30. The molecule has 3 aliphatic rings. The maximum atomic E-state index is 13.9. The van der Waals surface area contributed by atoms with Crippen LogP contribution in [0.3, 0.4) is 0 Å². The van der Waals surface area contributed by atoms with Crippen LogP contribution in [0.25, 0.3) is 0 Å². The van der Waals surface area contributed by atoms with E-state index in [-0.39, 0.29) is 11.6 Å². The first-order chi connectivity index (χ1) is 15.7. The summed E-state index contributed by atoms with van der Waals surface area (Å²) in [4.78, 5) is 27.8. The second kappa shape index (κ2) is 5.92. The second-order valence-electron chi connectivity index (χ2n) is 9.12. The third-order valence-corrected chi connectivity index (χ3v) is 8.15. The number of ketones is 2.